The molecule has 0 saturated heterocycles. The maximum absolute atomic E-state index is 11.3. The summed E-state index contributed by atoms with van der Waals surface area (Å²) < 4.78 is 0. The molecule has 2 aromatic rings. The molecule has 0 aliphatic rings. The van der Waals surface area contributed by atoms with Crippen LogP contribution < -0.4 is 11.1 Å². The van der Waals surface area contributed by atoms with Crippen molar-refractivity contribution in [3.8, 4) is 17.2 Å². The van der Waals surface area contributed by atoms with E-state index in [9.17, 15) is 20.1 Å². The predicted octanol–water partition coefficient (Wildman–Crippen LogP) is 1.82. The number of hydrogen-bond donors (Lipinski definition) is 5. The highest BCUT2D eigenvalue weighted by Crippen LogP contribution is 2.37. The van der Waals surface area contributed by atoms with Gasteiger partial charge in [-0.15, -0.1) is 0 Å². The first kappa shape index (κ1) is 14.5. The summed E-state index contributed by atoms with van der Waals surface area (Å²) in [6.07, 6.45) is 0. The number of anilines is 1. The number of carbonyl (C=O) groups is 1. The van der Waals surface area contributed by atoms with E-state index < -0.39 is 11.7 Å². The molecule has 0 atom stereocenters. The number of amides is 1. The normalized spacial score (nSPS) is 10.3. The Morgan fingerprint density at radius 3 is 2.52 bits per heavy atom. The molecule has 0 saturated carbocycles. The van der Waals surface area contributed by atoms with Crippen molar-refractivity contribution in [2.24, 2.45) is 5.73 Å². The molecule has 0 fully saturated rings. The second-order valence-corrected chi connectivity index (χ2v) is 4.64. The summed E-state index contributed by atoms with van der Waals surface area (Å²) in [4.78, 5) is 11.3. The zero-order valence-electron chi connectivity index (χ0n) is 11.4. The average Bonchev–Trinajstić information content (AvgIpc) is 2.45. The van der Waals surface area contributed by atoms with Crippen molar-refractivity contribution in [2.75, 3.05) is 5.32 Å². The molecular weight excluding hydrogens is 272 g/mol. The molecule has 110 valence electrons. The highest BCUT2D eigenvalue weighted by molar-refractivity contribution is 5.95. The zero-order valence-corrected chi connectivity index (χ0v) is 11.4. The van der Waals surface area contributed by atoms with E-state index in [1.54, 1.807) is 25.1 Å². The number of primary amides is 1. The maximum atomic E-state index is 11.3. The number of nitrogens with two attached hydrogens (primary N) is 1. The maximum Gasteiger partial charge on any atom is 0.249 e. The molecule has 1 amide bonds. The molecule has 6 heteroatoms. The quantitative estimate of drug-likeness (QED) is 0.550. The molecule has 0 spiro atoms. The molecule has 6 nitrogen and oxygen atoms in total. The predicted molar refractivity (Wildman–Crippen MR) is 78.5 cm³/mol. The van der Waals surface area contributed by atoms with Crippen LogP contribution in [0.3, 0.4) is 0 Å². The van der Waals surface area contributed by atoms with E-state index in [0.717, 1.165) is 0 Å². The van der Waals surface area contributed by atoms with Crippen LogP contribution in [0.1, 0.15) is 21.5 Å². The van der Waals surface area contributed by atoms with Crippen LogP contribution in [0.4, 0.5) is 5.69 Å². The van der Waals surface area contributed by atoms with Gasteiger partial charge in [0.05, 0.1) is 0 Å². The number of benzene rings is 2. The zero-order chi connectivity index (χ0) is 15.6. The molecule has 0 aliphatic heterocycles. The van der Waals surface area contributed by atoms with E-state index in [1.807, 2.05) is 0 Å². The lowest BCUT2D eigenvalue weighted by molar-refractivity contribution is 0.0999. The van der Waals surface area contributed by atoms with Gasteiger partial charge in [0.25, 0.3) is 0 Å². The largest absolute Gasteiger partial charge is 0.504 e. The fraction of sp³-hybridized carbons (Fsp3) is 0.133. The van der Waals surface area contributed by atoms with Crippen LogP contribution >= 0.6 is 0 Å². The number of nitrogens with one attached hydrogen (secondary N) is 1. The summed E-state index contributed by atoms with van der Waals surface area (Å²) in [6, 6.07) is 7.89. The van der Waals surface area contributed by atoms with Crippen LogP contribution in [0.15, 0.2) is 30.3 Å². The molecule has 21 heavy (non-hydrogen) atoms. The Hall–Kier alpha value is -2.89. The smallest absolute Gasteiger partial charge is 0.249 e. The minimum atomic E-state index is -0.558. The second-order valence-electron chi connectivity index (χ2n) is 4.64. The van der Waals surface area contributed by atoms with Gasteiger partial charge >= 0.3 is 0 Å². The standard InChI is InChI=1S/C15H16N2O4/c1-8-10(15(16)21)3-2-4-11(8)17-7-9-5-6-12(18)14(20)13(9)19/h2-6,17-20H,7H2,1H3,(H2,16,21). The topological polar surface area (TPSA) is 116 Å². The molecule has 2 rings (SSSR count). The van der Waals surface area contributed by atoms with Gasteiger partial charge in [-0.1, -0.05) is 6.07 Å². The minimum absolute atomic E-state index is 0.211. The van der Waals surface area contributed by atoms with Crippen LogP contribution in [-0.4, -0.2) is 21.2 Å². The van der Waals surface area contributed by atoms with Crippen LogP contribution in [0.5, 0.6) is 17.2 Å². The van der Waals surface area contributed by atoms with Crippen LogP contribution in [0, 0.1) is 6.92 Å². The number of phenols is 3. The van der Waals surface area contributed by atoms with Crippen LogP contribution in [0.2, 0.25) is 0 Å². The fourth-order valence-corrected chi connectivity index (χ4v) is 2.04. The third kappa shape index (κ3) is 2.84. The van der Waals surface area contributed by atoms with Crippen molar-refractivity contribution in [3.63, 3.8) is 0 Å². The van der Waals surface area contributed by atoms with E-state index >= 15 is 0 Å². The van der Waals surface area contributed by atoms with Gasteiger partial charge in [0, 0.05) is 23.4 Å². The number of hydrogen-bond acceptors (Lipinski definition) is 5. The molecule has 6 N–H and O–H groups in total. The summed E-state index contributed by atoms with van der Waals surface area (Å²) >= 11 is 0. The van der Waals surface area contributed by atoms with Gasteiger partial charge in [-0.3, -0.25) is 4.79 Å². The van der Waals surface area contributed by atoms with Gasteiger partial charge in [-0.25, -0.2) is 0 Å². The molecule has 0 radical (unpaired) electrons. The lowest BCUT2D eigenvalue weighted by atomic mass is 10.1. The first-order valence-corrected chi connectivity index (χ1v) is 6.28. The lowest BCUT2D eigenvalue weighted by Crippen LogP contribution is -2.13. The van der Waals surface area contributed by atoms with E-state index in [4.69, 9.17) is 5.73 Å². The van der Waals surface area contributed by atoms with Gasteiger partial charge in [-0.05, 0) is 36.8 Å². The summed E-state index contributed by atoms with van der Waals surface area (Å²) in [5.74, 6) is -1.84. The second kappa shape index (κ2) is 5.62. The summed E-state index contributed by atoms with van der Waals surface area (Å²) in [6.45, 7) is 1.97. The van der Waals surface area contributed by atoms with Gasteiger partial charge < -0.3 is 26.4 Å². The summed E-state index contributed by atoms with van der Waals surface area (Å²) in [7, 11) is 0. The first-order chi connectivity index (χ1) is 9.91. The Morgan fingerprint density at radius 2 is 1.86 bits per heavy atom. The molecule has 0 bridgehead atoms. The highest BCUT2D eigenvalue weighted by Gasteiger charge is 2.12. The van der Waals surface area contributed by atoms with Crippen molar-refractivity contribution in [1.82, 2.24) is 0 Å². The summed E-state index contributed by atoms with van der Waals surface area (Å²) in [5.41, 5.74) is 7.50. The highest BCUT2D eigenvalue weighted by atomic mass is 16.3. The number of carbonyl (C=O) groups excluding carboxylic acids is 1. The number of phenolic OH excluding ortho intramolecular Hbond substituents is 3. The third-order valence-electron chi connectivity index (χ3n) is 3.28. The molecule has 0 aliphatic carbocycles. The minimum Gasteiger partial charge on any atom is -0.504 e. The third-order valence-corrected chi connectivity index (χ3v) is 3.28. The first-order valence-electron chi connectivity index (χ1n) is 6.28. The van der Waals surface area contributed by atoms with Crippen LogP contribution in [0.25, 0.3) is 0 Å². The molecule has 0 unspecified atom stereocenters. The molecular formula is C15H16N2O4. The number of aromatic hydroxyl groups is 3. The van der Waals surface area contributed by atoms with Crippen molar-refractivity contribution < 1.29 is 20.1 Å². The Balaban J connectivity index is 2.23. The van der Waals surface area contributed by atoms with Gasteiger partial charge in [0.2, 0.25) is 11.7 Å². The van der Waals surface area contributed by atoms with Crippen molar-refractivity contribution in [2.45, 2.75) is 13.5 Å². The Labute approximate surface area is 121 Å². The summed E-state index contributed by atoms with van der Waals surface area (Å²) in [5, 5.41) is 31.5. The van der Waals surface area contributed by atoms with E-state index in [1.165, 1.54) is 12.1 Å². The van der Waals surface area contributed by atoms with Crippen molar-refractivity contribution >= 4 is 11.6 Å². The van der Waals surface area contributed by atoms with E-state index in [-0.39, 0.29) is 18.0 Å². The van der Waals surface area contributed by atoms with E-state index in [2.05, 4.69) is 5.32 Å². The van der Waals surface area contributed by atoms with Crippen LogP contribution in [-0.2, 0) is 6.54 Å². The average molecular weight is 288 g/mol. The molecule has 0 aromatic heterocycles. The Kier molecular flexibility index (Phi) is 3.89. The van der Waals surface area contributed by atoms with Crippen molar-refractivity contribution in [3.05, 3.63) is 47.0 Å². The molecule has 0 heterocycles. The fourth-order valence-electron chi connectivity index (χ4n) is 2.04. The Morgan fingerprint density at radius 1 is 1.14 bits per heavy atom. The van der Waals surface area contributed by atoms with Gasteiger partial charge in [0.15, 0.2) is 11.5 Å². The van der Waals surface area contributed by atoms with Gasteiger partial charge in [0.1, 0.15) is 0 Å². The number of rotatable bonds is 4. The van der Waals surface area contributed by atoms with Gasteiger partial charge in [-0.2, -0.15) is 0 Å². The molecule has 2 aromatic carbocycles. The Bertz CT molecular complexity index is 698. The SMILES string of the molecule is Cc1c(NCc2ccc(O)c(O)c2O)cccc1C(N)=O. The lowest BCUT2D eigenvalue weighted by Gasteiger charge is -2.13. The van der Waals surface area contributed by atoms with E-state index in [0.29, 0.717) is 22.4 Å². The monoisotopic (exact) mass is 288 g/mol. The van der Waals surface area contributed by atoms with Crippen molar-refractivity contribution in [1.29, 1.82) is 0 Å².